The number of aliphatic carboxylic acids is 1. The highest BCUT2D eigenvalue weighted by Crippen LogP contribution is 2.21. The average molecular weight is 273 g/mol. The van der Waals surface area contributed by atoms with E-state index in [-0.39, 0.29) is 6.03 Å². The Kier molecular flexibility index (Phi) is 3.85. The van der Waals surface area contributed by atoms with Crippen LogP contribution in [0.2, 0.25) is 0 Å². The van der Waals surface area contributed by atoms with Crippen LogP contribution in [0.25, 0.3) is 0 Å². The van der Waals surface area contributed by atoms with E-state index < -0.39 is 12.0 Å². The molecule has 0 spiro atoms. The van der Waals surface area contributed by atoms with Crippen molar-refractivity contribution in [3.63, 3.8) is 0 Å². The Morgan fingerprint density at radius 2 is 2.47 bits per heavy atom. The number of carboxylic acids is 1. The van der Waals surface area contributed by atoms with Crippen LogP contribution in [0.15, 0.2) is 11.7 Å². The molecule has 1 saturated heterocycles. The second-order valence-electron chi connectivity index (χ2n) is 3.45. The summed E-state index contributed by atoms with van der Waals surface area (Å²) in [4.78, 5) is 28.9. The van der Waals surface area contributed by atoms with Crippen LogP contribution in [0.4, 0.5) is 4.79 Å². The third kappa shape index (κ3) is 2.89. The third-order valence-corrected chi connectivity index (χ3v) is 4.12. The van der Waals surface area contributed by atoms with Gasteiger partial charge in [0, 0.05) is 16.8 Å². The molecule has 17 heavy (non-hydrogen) atoms. The van der Waals surface area contributed by atoms with Gasteiger partial charge in [0.05, 0.1) is 17.9 Å². The molecule has 92 valence electrons. The van der Waals surface area contributed by atoms with E-state index in [4.69, 9.17) is 5.11 Å². The molecule has 0 radical (unpaired) electrons. The monoisotopic (exact) mass is 273 g/mol. The summed E-state index contributed by atoms with van der Waals surface area (Å²) in [6.07, 6.45) is 1.68. The number of carbonyl (C=O) groups excluding carboxylic acids is 1. The average Bonchev–Trinajstić information content (AvgIpc) is 2.96. The van der Waals surface area contributed by atoms with Crippen molar-refractivity contribution < 1.29 is 14.7 Å². The lowest BCUT2D eigenvalue weighted by atomic mass is 10.3. The molecular formula is C9H11N3O3S2. The van der Waals surface area contributed by atoms with Crippen LogP contribution in [-0.4, -0.2) is 44.7 Å². The number of urea groups is 1. The molecule has 0 aliphatic carbocycles. The van der Waals surface area contributed by atoms with Crippen molar-refractivity contribution in [2.45, 2.75) is 12.6 Å². The van der Waals surface area contributed by atoms with E-state index in [9.17, 15) is 9.59 Å². The van der Waals surface area contributed by atoms with Gasteiger partial charge in [-0.15, -0.1) is 23.1 Å². The van der Waals surface area contributed by atoms with Gasteiger partial charge >= 0.3 is 12.0 Å². The summed E-state index contributed by atoms with van der Waals surface area (Å²) in [6.45, 7) is 0.386. The van der Waals surface area contributed by atoms with Gasteiger partial charge in [-0.2, -0.15) is 0 Å². The van der Waals surface area contributed by atoms with Gasteiger partial charge in [0.15, 0.2) is 0 Å². The number of hydrogen-bond acceptors (Lipinski definition) is 5. The van der Waals surface area contributed by atoms with E-state index in [0.29, 0.717) is 18.2 Å². The van der Waals surface area contributed by atoms with Crippen molar-refractivity contribution in [2.75, 3.05) is 11.6 Å². The molecule has 1 aromatic rings. The summed E-state index contributed by atoms with van der Waals surface area (Å²) in [7, 11) is 0. The maximum Gasteiger partial charge on any atom is 0.327 e. The molecule has 0 unspecified atom stereocenters. The fourth-order valence-corrected chi connectivity index (χ4v) is 3.12. The molecule has 1 aliphatic rings. The van der Waals surface area contributed by atoms with Crippen molar-refractivity contribution in [1.82, 2.24) is 15.2 Å². The molecular weight excluding hydrogens is 262 g/mol. The van der Waals surface area contributed by atoms with Gasteiger partial charge in [0.1, 0.15) is 6.04 Å². The van der Waals surface area contributed by atoms with E-state index in [2.05, 4.69) is 10.3 Å². The standard InChI is InChI=1S/C9H11N3O3S2/c13-8(14)7-3-16-5-12(7)9(15)11-2-6-1-10-4-17-6/h1,4,7H,2-3,5H2,(H,11,15)(H,13,14)/t7-/m0/s1. The lowest BCUT2D eigenvalue weighted by Gasteiger charge is -2.20. The quantitative estimate of drug-likeness (QED) is 0.851. The normalized spacial score (nSPS) is 19.3. The number of carboxylic acid groups (broad SMARTS) is 1. The first-order valence-electron chi connectivity index (χ1n) is 4.91. The van der Waals surface area contributed by atoms with Crippen molar-refractivity contribution in [2.24, 2.45) is 0 Å². The van der Waals surface area contributed by atoms with Crippen molar-refractivity contribution >= 4 is 35.1 Å². The highest BCUT2D eigenvalue weighted by Gasteiger charge is 2.34. The van der Waals surface area contributed by atoms with Crippen LogP contribution in [0.3, 0.4) is 0 Å². The van der Waals surface area contributed by atoms with E-state index >= 15 is 0 Å². The van der Waals surface area contributed by atoms with Gasteiger partial charge < -0.3 is 15.3 Å². The SMILES string of the molecule is O=C(O)[C@@H]1CSCN1C(=O)NCc1cncs1. The van der Waals surface area contributed by atoms with Gasteiger partial charge in [-0.3, -0.25) is 4.98 Å². The number of thiazole rings is 1. The van der Waals surface area contributed by atoms with Crippen LogP contribution in [0.1, 0.15) is 4.88 Å². The first-order chi connectivity index (χ1) is 8.18. The van der Waals surface area contributed by atoms with Crippen LogP contribution in [0, 0.1) is 0 Å². The summed E-state index contributed by atoms with van der Waals surface area (Å²) >= 11 is 2.89. The highest BCUT2D eigenvalue weighted by atomic mass is 32.2. The third-order valence-electron chi connectivity index (χ3n) is 2.33. The molecule has 2 amide bonds. The Hall–Kier alpha value is -1.28. The Balaban J connectivity index is 1.89. The molecule has 6 nitrogen and oxygen atoms in total. The number of thioether (sulfide) groups is 1. The Bertz CT molecular complexity index is 410. The van der Waals surface area contributed by atoms with Crippen molar-refractivity contribution in [3.8, 4) is 0 Å². The molecule has 0 aromatic carbocycles. The molecule has 1 aromatic heterocycles. The molecule has 2 rings (SSSR count). The molecule has 0 bridgehead atoms. The predicted octanol–water partition coefficient (Wildman–Crippen LogP) is 0.812. The number of aromatic nitrogens is 1. The minimum absolute atomic E-state index is 0.337. The van der Waals surface area contributed by atoms with Gasteiger partial charge in [-0.1, -0.05) is 0 Å². The first kappa shape index (κ1) is 12.2. The largest absolute Gasteiger partial charge is 0.480 e. The van der Waals surface area contributed by atoms with Crippen molar-refractivity contribution in [1.29, 1.82) is 0 Å². The second-order valence-corrected chi connectivity index (χ2v) is 5.42. The lowest BCUT2D eigenvalue weighted by molar-refractivity contribution is -0.140. The molecule has 0 saturated carbocycles. The lowest BCUT2D eigenvalue weighted by Crippen LogP contribution is -2.46. The zero-order valence-electron chi connectivity index (χ0n) is 8.83. The maximum absolute atomic E-state index is 11.8. The van der Waals surface area contributed by atoms with Crippen LogP contribution >= 0.6 is 23.1 Å². The van der Waals surface area contributed by atoms with Crippen LogP contribution < -0.4 is 5.32 Å². The first-order valence-corrected chi connectivity index (χ1v) is 6.94. The van der Waals surface area contributed by atoms with E-state index in [1.165, 1.54) is 28.0 Å². The molecule has 2 heterocycles. The summed E-state index contributed by atoms with van der Waals surface area (Å²) < 4.78 is 0. The summed E-state index contributed by atoms with van der Waals surface area (Å²) in [5, 5.41) is 11.6. The molecule has 1 fully saturated rings. The van der Waals surface area contributed by atoms with Gasteiger partial charge in [-0.25, -0.2) is 9.59 Å². The summed E-state index contributed by atoms with van der Waals surface area (Å²) in [5.74, 6) is -0.0858. The van der Waals surface area contributed by atoms with Crippen LogP contribution in [-0.2, 0) is 11.3 Å². The fourth-order valence-electron chi connectivity index (χ4n) is 1.44. The number of rotatable bonds is 3. The predicted molar refractivity (Wildman–Crippen MR) is 64.9 cm³/mol. The number of nitrogens with one attached hydrogen (secondary N) is 1. The van der Waals surface area contributed by atoms with Crippen LogP contribution in [0.5, 0.6) is 0 Å². The molecule has 8 heteroatoms. The minimum atomic E-state index is -0.956. The summed E-state index contributed by atoms with van der Waals surface area (Å²) in [5.41, 5.74) is 1.69. The molecule has 2 N–H and O–H groups in total. The minimum Gasteiger partial charge on any atom is -0.480 e. The number of hydrogen-bond donors (Lipinski definition) is 2. The van der Waals surface area contributed by atoms with E-state index in [1.54, 1.807) is 11.7 Å². The number of nitrogens with zero attached hydrogens (tertiary/aromatic N) is 2. The summed E-state index contributed by atoms with van der Waals surface area (Å²) in [6, 6.07) is -1.06. The zero-order valence-corrected chi connectivity index (χ0v) is 10.5. The Morgan fingerprint density at radius 3 is 3.12 bits per heavy atom. The van der Waals surface area contributed by atoms with Gasteiger partial charge in [0.25, 0.3) is 0 Å². The molecule has 1 aliphatic heterocycles. The molecule has 1 atom stereocenters. The van der Waals surface area contributed by atoms with Crippen molar-refractivity contribution in [3.05, 3.63) is 16.6 Å². The maximum atomic E-state index is 11.8. The Labute approximate surface area is 106 Å². The van der Waals surface area contributed by atoms with Gasteiger partial charge in [-0.05, 0) is 0 Å². The van der Waals surface area contributed by atoms with Gasteiger partial charge in [0.2, 0.25) is 0 Å². The smallest absolute Gasteiger partial charge is 0.327 e. The highest BCUT2D eigenvalue weighted by molar-refractivity contribution is 7.99. The fraction of sp³-hybridized carbons (Fsp3) is 0.444. The number of amides is 2. The van der Waals surface area contributed by atoms with E-state index in [0.717, 1.165) is 4.88 Å². The number of carbonyl (C=O) groups is 2. The second kappa shape index (κ2) is 5.37. The topological polar surface area (TPSA) is 82.5 Å². The van der Waals surface area contributed by atoms with E-state index in [1.807, 2.05) is 0 Å². The zero-order chi connectivity index (χ0) is 12.3. The Morgan fingerprint density at radius 1 is 1.65 bits per heavy atom.